The maximum Gasteiger partial charge on any atom is 0.146 e. The Kier molecular flexibility index (Phi) is 3.54. The van der Waals surface area contributed by atoms with Crippen LogP contribution in [-0.4, -0.2) is 34.8 Å². The first-order valence-corrected chi connectivity index (χ1v) is 9.79. The Balaban J connectivity index is 1.52. The summed E-state index contributed by atoms with van der Waals surface area (Å²) in [5, 5.41) is 11.5. The topological polar surface area (TPSA) is 49.2 Å². The first-order chi connectivity index (χ1) is 11.8. The molecule has 0 N–H and O–H groups in total. The lowest BCUT2D eigenvalue weighted by atomic mass is 9.65. The monoisotopic (exact) mass is 345 g/mol. The third-order valence-electron chi connectivity index (χ3n) is 5.57. The minimum absolute atomic E-state index is 0.0185. The maximum atomic E-state index is 5.81. The molecule has 3 aliphatic carbocycles. The number of aromatic nitrogens is 3. The average Bonchev–Trinajstić information content (AvgIpc) is 3.49. The molecule has 5 rings (SSSR count). The quantitative estimate of drug-likeness (QED) is 0.719. The largest absolute Gasteiger partial charge is 0.359 e. The van der Waals surface area contributed by atoms with Crippen molar-refractivity contribution in [2.75, 3.05) is 13.9 Å². The van der Waals surface area contributed by atoms with Gasteiger partial charge < -0.3 is 14.0 Å². The van der Waals surface area contributed by atoms with Crippen molar-refractivity contribution in [3.63, 3.8) is 0 Å². The molecule has 24 heavy (non-hydrogen) atoms. The van der Waals surface area contributed by atoms with Crippen LogP contribution in [0.15, 0.2) is 17.5 Å². The predicted molar refractivity (Wildman–Crippen MR) is 91.4 cm³/mol. The first-order valence-electron chi connectivity index (χ1n) is 8.91. The van der Waals surface area contributed by atoms with Gasteiger partial charge in [0.1, 0.15) is 18.4 Å². The van der Waals surface area contributed by atoms with Crippen LogP contribution in [0.2, 0.25) is 0 Å². The average molecular weight is 345 g/mol. The molecule has 3 aliphatic rings. The molecule has 0 aliphatic heterocycles. The van der Waals surface area contributed by atoms with Crippen molar-refractivity contribution in [1.29, 1.82) is 0 Å². The van der Waals surface area contributed by atoms with Crippen LogP contribution in [0, 0.1) is 0 Å². The lowest BCUT2D eigenvalue weighted by Crippen LogP contribution is -2.48. The molecule has 2 aromatic rings. The van der Waals surface area contributed by atoms with Gasteiger partial charge in [0.15, 0.2) is 0 Å². The van der Waals surface area contributed by atoms with Crippen LogP contribution in [0.5, 0.6) is 0 Å². The molecule has 0 bridgehead atoms. The van der Waals surface area contributed by atoms with Crippen LogP contribution >= 0.6 is 11.3 Å². The van der Waals surface area contributed by atoms with Gasteiger partial charge in [0.2, 0.25) is 0 Å². The summed E-state index contributed by atoms with van der Waals surface area (Å²) >= 11 is 1.83. The number of hydrogen-bond donors (Lipinski definition) is 0. The van der Waals surface area contributed by atoms with Gasteiger partial charge in [-0.1, -0.05) is 6.07 Å². The van der Waals surface area contributed by atoms with Gasteiger partial charge in [0.05, 0.1) is 11.5 Å². The molecule has 0 unspecified atom stereocenters. The van der Waals surface area contributed by atoms with E-state index in [1.54, 1.807) is 7.11 Å². The fraction of sp³-hybridized carbons (Fsp3) is 0.667. The molecule has 0 saturated heterocycles. The predicted octanol–water partition coefficient (Wildman–Crippen LogP) is 3.62. The van der Waals surface area contributed by atoms with Crippen LogP contribution < -0.4 is 0 Å². The third-order valence-corrected chi connectivity index (χ3v) is 6.65. The Morgan fingerprint density at radius 3 is 2.71 bits per heavy atom. The molecule has 0 spiro atoms. The Morgan fingerprint density at radius 2 is 2.08 bits per heavy atom. The molecule has 5 nitrogen and oxygen atoms in total. The van der Waals surface area contributed by atoms with Crippen LogP contribution in [0.4, 0.5) is 0 Å². The third kappa shape index (κ3) is 2.35. The second kappa shape index (κ2) is 5.64. The van der Waals surface area contributed by atoms with Crippen molar-refractivity contribution in [1.82, 2.24) is 14.8 Å². The number of hydrogen-bond acceptors (Lipinski definition) is 5. The van der Waals surface area contributed by atoms with E-state index in [9.17, 15) is 0 Å². The van der Waals surface area contributed by atoms with E-state index in [0.717, 1.165) is 12.8 Å². The van der Waals surface area contributed by atoms with Crippen molar-refractivity contribution < 1.29 is 9.47 Å². The lowest BCUT2D eigenvalue weighted by molar-refractivity contribution is -0.116. The molecule has 0 aromatic carbocycles. The Morgan fingerprint density at radius 1 is 1.25 bits per heavy atom. The van der Waals surface area contributed by atoms with Crippen molar-refractivity contribution in [2.45, 2.75) is 62.0 Å². The standard InChI is InChI=1S/C18H23N3O2S/c1-22-11-23-14-9-18(10-14,15-3-2-8-24-15)17-20-19-16(12-4-5-12)21(17)13-6-7-13/h2-3,8,12-14H,4-7,9-11H2,1H3/t14-,18-. The summed E-state index contributed by atoms with van der Waals surface area (Å²) < 4.78 is 13.4. The molecule has 0 radical (unpaired) electrons. The number of rotatable bonds is 7. The van der Waals surface area contributed by atoms with E-state index in [1.165, 1.54) is 42.2 Å². The second-order valence-corrected chi connectivity index (χ2v) is 8.37. The SMILES string of the molecule is COCO[C@H]1C[C@](c2cccs2)(c2nnc(C3CC3)n2C2CC2)C1. The minimum Gasteiger partial charge on any atom is -0.359 e. The van der Waals surface area contributed by atoms with Gasteiger partial charge in [-0.15, -0.1) is 21.5 Å². The van der Waals surface area contributed by atoms with Crippen molar-refractivity contribution in [2.24, 2.45) is 0 Å². The fourth-order valence-electron chi connectivity index (χ4n) is 3.99. The van der Waals surface area contributed by atoms with Gasteiger partial charge in [-0.25, -0.2) is 0 Å². The van der Waals surface area contributed by atoms with Crippen molar-refractivity contribution in [3.8, 4) is 0 Å². The smallest absolute Gasteiger partial charge is 0.146 e. The van der Waals surface area contributed by atoms with Gasteiger partial charge in [0.25, 0.3) is 0 Å². The van der Waals surface area contributed by atoms with E-state index in [2.05, 4.69) is 27.2 Å². The molecular weight excluding hydrogens is 322 g/mol. The maximum absolute atomic E-state index is 5.81. The first kappa shape index (κ1) is 15.0. The summed E-state index contributed by atoms with van der Waals surface area (Å²) in [5.74, 6) is 3.07. The highest BCUT2D eigenvalue weighted by atomic mass is 32.1. The number of thiophene rings is 1. The highest BCUT2D eigenvalue weighted by Crippen LogP contribution is 2.54. The Labute approximate surface area is 146 Å². The summed E-state index contributed by atoms with van der Waals surface area (Å²) in [6, 6.07) is 5.02. The molecule has 128 valence electrons. The zero-order valence-corrected chi connectivity index (χ0v) is 14.8. The van der Waals surface area contributed by atoms with Crippen LogP contribution in [0.25, 0.3) is 0 Å². The van der Waals surface area contributed by atoms with Crippen LogP contribution in [-0.2, 0) is 14.9 Å². The van der Waals surface area contributed by atoms with E-state index >= 15 is 0 Å². The van der Waals surface area contributed by atoms with Gasteiger partial charge >= 0.3 is 0 Å². The highest BCUT2D eigenvalue weighted by molar-refractivity contribution is 7.10. The summed E-state index contributed by atoms with van der Waals surface area (Å²) in [6.07, 6.45) is 7.30. The number of methoxy groups -OCH3 is 1. The molecular formula is C18H23N3O2S. The van der Waals surface area contributed by atoms with E-state index in [-0.39, 0.29) is 11.5 Å². The zero-order chi connectivity index (χ0) is 16.1. The lowest BCUT2D eigenvalue weighted by Gasteiger charge is -2.46. The molecule has 0 atom stereocenters. The minimum atomic E-state index is -0.0185. The second-order valence-electron chi connectivity index (χ2n) is 7.42. The van der Waals surface area contributed by atoms with Crippen LogP contribution in [0.3, 0.4) is 0 Å². The summed E-state index contributed by atoms with van der Waals surface area (Å²) in [4.78, 5) is 1.40. The van der Waals surface area contributed by atoms with Gasteiger partial charge in [-0.3, -0.25) is 0 Å². The van der Waals surface area contributed by atoms with Crippen molar-refractivity contribution >= 4 is 11.3 Å². The van der Waals surface area contributed by atoms with E-state index < -0.39 is 0 Å². The molecule has 3 fully saturated rings. The Bertz CT molecular complexity index is 713. The van der Waals surface area contributed by atoms with E-state index in [4.69, 9.17) is 14.6 Å². The van der Waals surface area contributed by atoms with Gasteiger partial charge in [-0.2, -0.15) is 0 Å². The van der Waals surface area contributed by atoms with Crippen LogP contribution in [0.1, 0.15) is 67.0 Å². The van der Waals surface area contributed by atoms with Crippen molar-refractivity contribution in [3.05, 3.63) is 34.0 Å². The highest BCUT2D eigenvalue weighted by Gasteiger charge is 2.53. The molecule has 2 aromatic heterocycles. The molecule has 6 heteroatoms. The molecule has 0 amide bonds. The van der Waals surface area contributed by atoms with E-state index in [1.807, 2.05) is 11.3 Å². The molecule has 3 saturated carbocycles. The van der Waals surface area contributed by atoms with E-state index in [0.29, 0.717) is 18.8 Å². The zero-order valence-electron chi connectivity index (χ0n) is 14.0. The number of ether oxygens (including phenoxy) is 2. The summed E-state index contributed by atoms with van der Waals surface area (Å²) in [5.41, 5.74) is -0.0185. The van der Waals surface area contributed by atoms with Gasteiger partial charge in [-0.05, 0) is 50.0 Å². The number of nitrogens with zero attached hydrogens (tertiary/aromatic N) is 3. The normalized spacial score (nSPS) is 29.6. The molecule has 2 heterocycles. The Hall–Kier alpha value is -1.24. The fourth-order valence-corrected chi connectivity index (χ4v) is 4.93. The van der Waals surface area contributed by atoms with Gasteiger partial charge in [0, 0.05) is 23.9 Å². The summed E-state index contributed by atoms with van der Waals surface area (Å²) in [6.45, 7) is 0.369. The summed E-state index contributed by atoms with van der Waals surface area (Å²) in [7, 11) is 1.68.